The molecule has 40 heavy (non-hydrogen) atoms. The van der Waals surface area contributed by atoms with E-state index in [1.807, 2.05) is 6.07 Å². The van der Waals surface area contributed by atoms with Crippen LogP contribution in [0.5, 0.6) is 0 Å². The SMILES string of the molecule is O=C(C=Cc1ccccc1)C1=C(O)C(=O)N(c2nnc(SCc3ccc(F)cc3)s2)C1c1cccc([N+](=O)[O-])c1. The molecule has 0 radical (unpaired) electrons. The Kier molecular flexibility index (Phi) is 7.80. The van der Waals surface area contributed by atoms with E-state index >= 15 is 0 Å². The van der Waals surface area contributed by atoms with Crippen molar-refractivity contribution in [3.8, 4) is 0 Å². The second kappa shape index (κ2) is 11.6. The minimum Gasteiger partial charge on any atom is -0.503 e. The summed E-state index contributed by atoms with van der Waals surface area (Å²) < 4.78 is 13.7. The van der Waals surface area contributed by atoms with E-state index in [-0.39, 0.29) is 27.8 Å². The molecule has 2 heterocycles. The molecule has 9 nitrogen and oxygen atoms in total. The Morgan fingerprint density at radius 2 is 1.85 bits per heavy atom. The Hall–Kier alpha value is -4.68. The van der Waals surface area contributed by atoms with Crippen LogP contribution in [0.2, 0.25) is 0 Å². The Labute approximate surface area is 235 Å². The predicted molar refractivity (Wildman–Crippen MR) is 149 cm³/mol. The number of hydrogen-bond donors (Lipinski definition) is 1. The molecule has 3 aromatic carbocycles. The van der Waals surface area contributed by atoms with Crippen molar-refractivity contribution < 1.29 is 24.0 Å². The number of allylic oxidation sites excluding steroid dienone is 1. The first kappa shape index (κ1) is 26.9. The number of aliphatic hydroxyl groups excluding tert-OH is 1. The number of hydrogen-bond acceptors (Lipinski definition) is 9. The molecule has 0 aliphatic carbocycles. The summed E-state index contributed by atoms with van der Waals surface area (Å²) in [6.45, 7) is 0. The van der Waals surface area contributed by atoms with E-state index in [0.717, 1.165) is 27.4 Å². The van der Waals surface area contributed by atoms with Gasteiger partial charge in [0.2, 0.25) is 5.13 Å². The van der Waals surface area contributed by atoms with Gasteiger partial charge in [-0.15, -0.1) is 10.2 Å². The number of ketones is 1. The molecule has 5 rings (SSSR count). The fourth-order valence-electron chi connectivity index (χ4n) is 4.09. The molecule has 200 valence electrons. The average Bonchev–Trinajstić information content (AvgIpc) is 3.54. The molecule has 1 aliphatic heterocycles. The molecule has 1 amide bonds. The van der Waals surface area contributed by atoms with Gasteiger partial charge in [0.1, 0.15) is 5.82 Å². The highest BCUT2D eigenvalue weighted by Crippen LogP contribution is 2.43. The third-order valence-corrected chi connectivity index (χ3v) is 8.10. The number of anilines is 1. The van der Waals surface area contributed by atoms with Crippen LogP contribution in [-0.4, -0.2) is 31.9 Å². The lowest BCUT2D eigenvalue weighted by molar-refractivity contribution is -0.384. The van der Waals surface area contributed by atoms with Crippen LogP contribution in [-0.2, 0) is 15.3 Å². The highest BCUT2D eigenvalue weighted by Gasteiger charge is 2.45. The van der Waals surface area contributed by atoms with Crippen molar-refractivity contribution >= 4 is 51.7 Å². The number of nitrogens with zero attached hydrogens (tertiary/aromatic N) is 4. The van der Waals surface area contributed by atoms with Crippen LogP contribution in [0.4, 0.5) is 15.2 Å². The molecule has 1 aliphatic rings. The lowest BCUT2D eigenvalue weighted by Gasteiger charge is -2.23. The number of aliphatic hydroxyl groups is 1. The molecular formula is C28H19FN4O5S2. The van der Waals surface area contributed by atoms with Gasteiger partial charge in [-0.2, -0.15) is 0 Å². The topological polar surface area (TPSA) is 127 Å². The van der Waals surface area contributed by atoms with Crippen LogP contribution in [0.15, 0.2) is 101 Å². The molecule has 0 bridgehead atoms. The molecule has 0 saturated heterocycles. The Bertz CT molecular complexity index is 1650. The van der Waals surface area contributed by atoms with Gasteiger partial charge in [0.05, 0.1) is 16.5 Å². The van der Waals surface area contributed by atoms with Gasteiger partial charge in [-0.05, 0) is 34.9 Å². The van der Waals surface area contributed by atoms with E-state index in [1.54, 1.807) is 42.5 Å². The van der Waals surface area contributed by atoms with E-state index in [1.165, 1.54) is 54.2 Å². The van der Waals surface area contributed by atoms with Gasteiger partial charge in [-0.3, -0.25) is 24.6 Å². The molecule has 1 atom stereocenters. The number of non-ortho nitro benzene ring substituents is 1. The number of nitro benzene ring substituents is 1. The molecule has 0 saturated carbocycles. The first-order valence-electron chi connectivity index (χ1n) is 11.8. The summed E-state index contributed by atoms with van der Waals surface area (Å²) in [4.78, 5) is 38.7. The zero-order valence-corrected chi connectivity index (χ0v) is 22.1. The van der Waals surface area contributed by atoms with Crippen molar-refractivity contribution in [2.45, 2.75) is 16.1 Å². The Morgan fingerprint density at radius 3 is 2.58 bits per heavy atom. The fourth-order valence-corrected chi connectivity index (χ4v) is 5.91. The number of carbonyl (C=O) groups excluding carboxylic acids is 2. The molecule has 1 N–H and O–H groups in total. The van der Waals surface area contributed by atoms with Gasteiger partial charge in [0.25, 0.3) is 11.6 Å². The standard InChI is InChI=1S/C28H19FN4O5S2/c29-20-12-9-18(10-13-20)16-39-28-31-30-27(40-28)32-24(19-7-4-8-21(15-19)33(37)38)23(25(35)26(32)36)22(34)14-11-17-5-2-1-3-6-17/h1-15,24,35H,16H2. The minimum absolute atomic E-state index is 0.101. The summed E-state index contributed by atoms with van der Waals surface area (Å²) in [7, 11) is 0. The van der Waals surface area contributed by atoms with Crippen molar-refractivity contribution in [2.24, 2.45) is 0 Å². The third kappa shape index (κ3) is 5.67. The first-order chi connectivity index (χ1) is 19.3. The van der Waals surface area contributed by atoms with Gasteiger partial charge in [0, 0.05) is 17.9 Å². The quantitative estimate of drug-likeness (QED) is 0.0840. The maximum absolute atomic E-state index is 13.4. The summed E-state index contributed by atoms with van der Waals surface area (Å²) in [5.41, 5.74) is 1.37. The monoisotopic (exact) mass is 574 g/mol. The maximum Gasteiger partial charge on any atom is 0.296 e. The smallest absolute Gasteiger partial charge is 0.296 e. The van der Waals surface area contributed by atoms with Crippen LogP contribution in [0, 0.1) is 15.9 Å². The van der Waals surface area contributed by atoms with Gasteiger partial charge < -0.3 is 5.11 Å². The fraction of sp³-hybridized carbons (Fsp3) is 0.0714. The number of amides is 1. The van der Waals surface area contributed by atoms with Gasteiger partial charge in [-0.25, -0.2) is 4.39 Å². The third-order valence-electron chi connectivity index (χ3n) is 5.97. The van der Waals surface area contributed by atoms with Crippen LogP contribution < -0.4 is 4.90 Å². The number of rotatable bonds is 9. The van der Waals surface area contributed by atoms with Crippen molar-refractivity contribution in [2.75, 3.05) is 4.90 Å². The van der Waals surface area contributed by atoms with Crippen LogP contribution in [0.25, 0.3) is 6.08 Å². The molecular weight excluding hydrogens is 555 g/mol. The first-order valence-corrected chi connectivity index (χ1v) is 13.6. The van der Waals surface area contributed by atoms with Gasteiger partial charge in [0.15, 0.2) is 15.9 Å². The van der Waals surface area contributed by atoms with E-state index in [2.05, 4.69) is 10.2 Å². The van der Waals surface area contributed by atoms with E-state index in [9.17, 15) is 29.2 Å². The van der Waals surface area contributed by atoms with E-state index in [0.29, 0.717) is 10.1 Å². The number of halogens is 1. The molecule has 1 aromatic heterocycles. The molecule has 1 unspecified atom stereocenters. The molecule has 12 heteroatoms. The van der Waals surface area contributed by atoms with Crippen molar-refractivity contribution in [1.29, 1.82) is 0 Å². The Balaban J connectivity index is 1.49. The summed E-state index contributed by atoms with van der Waals surface area (Å²) in [6.07, 6.45) is 2.79. The van der Waals surface area contributed by atoms with Crippen molar-refractivity contribution in [3.05, 3.63) is 129 Å². The number of aromatic nitrogens is 2. The normalized spacial score (nSPS) is 15.3. The summed E-state index contributed by atoms with van der Waals surface area (Å²) >= 11 is 2.38. The van der Waals surface area contributed by atoms with Crippen LogP contribution in [0.3, 0.4) is 0 Å². The lowest BCUT2D eigenvalue weighted by atomic mass is 9.95. The summed E-state index contributed by atoms with van der Waals surface area (Å²) in [6, 6.07) is 19.4. The van der Waals surface area contributed by atoms with Crippen molar-refractivity contribution in [3.63, 3.8) is 0 Å². The number of carbonyl (C=O) groups is 2. The van der Waals surface area contributed by atoms with Crippen molar-refractivity contribution in [1.82, 2.24) is 10.2 Å². The van der Waals surface area contributed by atoms with E-state index in [4.69, 9.17) is 0 Å². The second-order valence-corrected chi connectivity index (χ2v) is 10.7. The molecule has 0 fully saturated rings. The highest BCUT2D eigenvalue weighted by atomic mass is 32.2. The number of benzene rings is 3. The predicted octanol–water partition coefficient (Wildman–Crippen LogP) is 6.06. The summed E-state index contributed by atoms with van der Waals surface area (Å²) in [5.74, 6) is -2.16. The van der Waals surface area contributed by atoms with E-state index < -0.39 is 28.4 Å². The van der Waals surface area contributed by atoms with Crippen LogP contribution in [0.1, 0.15) is 22.7 Å². The average molecular weight is 575 g/mol. The number of nitro groups is 1. The molecule has 4 aromatic rings. The largest absolute Gasteiger partial charge is 0.503 e. The zero-order valence-electron chi connectivity index (χ0n) is 20.5. The summed E-state index contributed by atoms with van der Waals surface area (Å²) in [5, 5.41) is 30.7. The Morgan fingerprint density at radius 1 is 1.10 bits per heavy atom. The minimum atomic E-state index is -1.18. The van der Waals surface area contributed by atoms with Gasteiger partial charge >= 0.3 is 0 Å². The zero-order chi connectivity index (χ0) is 28.2. The second-order valence-electron chi connectivity index (χ2n) is 8.57. The lowest BCUT2D eigenvalue weighted by Crippen LogP contribution is -2.30. The highest BCUT2D eigenvalue weighted by molar-refractivity contribution is 8.00. The van der Waals surface area contributed by atoms with Gasteiger partial charge in [-0.1, -0.05) is 83.8 Å². The molecule has 0 spiro atoms. The number of thioether (sulfide) groups is 1. The maximum atomic E-state index is 13.4. The van der Waals surface area contributed by atoms with Crippen LogP contribution >= 0.6 is 23.1 Å².